The van der Waals surface area contributed by atoms with Crippen LogP contribution in [0.2, 0.25) is 0 Å². The summed E-state index contributed by atoms with van der Waals surface area (Å²) in [7, 11) is 0. The summed E-state index contributed by atoms with van der Waals surface area (Å²) in [6, 6.07) is 0. The molecule has 6 atom stereocenters. The number of hydrogen-bond acceptors (Lipinski definition) is 4. The Morgan fingerprint density at radius 2 is 2.00 bits per heavy atom. The molecule has 0 aromatic heterocycles. The Labute approximate surface area is 163 Å². The van der Waals surface area contributed by atoms with Crippen molar-refractivity contribution in [2.24, 2.45) is 28.6 Å². The Kier molecular flexibility index (Phi) is 6.77. The third-order valence-electron chi connectivity index (χ3n) is 7.11. The predicted molar refractivity (Wildman–Crippen MR) is 104 cm³/mol. The number of hydrogen-bond donors (Lipinski definition) is 2. The third kappa shape index (κ3) is 4.92. The standard InChI is InChI=1S/C22H36O5/c1-14(10-20(25)26)6-8-18-15(2)7-9-19-21(4,13-27-16(3)23)11-17(24)12-22(18,19)5/h7,14,17-19,24H,6,8-13H2,1-5H3,(H,25,26)/t14-,17-,18-,19-,21+,22+/m1/s1. The molecule has 0 aliphatic heterocycles. The Morgan fingerprint density at radius 3 is 2.59 bits per heavy atom. The molecule has 2 rings (SSSR count). The summed E-state index contributed by atoms with van der Waals surface area (Å²) in [6.07, 6.45) is 6.23. The molecule has 2 aliphatic rings. The van der Waals surface area contributed by atoms with Crippen LogP contribution < -0.4 is 0 Å². The first kappa shape index (κ1) is 21.9. The number of carbonyl (C=O) groups excluding carboxylic acids is 1. The average molecular weight is 381 g/mol. The van der Waals surface area contributed by atoms with Crippen LogP contribution in [0.3, 0.4) is 0 Å². The van der Waals surface area contributed by atoms with E-state index in [0.717, 1.165) is 25.7 Å². The molecule has 0 saturated heterocycles. The van der Waals surface area contributed by atoms with Crippen molar-refractivity contribution in [3.05, 3.63) is 11.6 Å². The fraction of sp³-hybridized carbons (Fsp3) is 0.818. The van der Waals surface area contributed by atoms with Crippen LogP contribution in [0.4, 0.5) is 0 Å². The number of aliphatic hydroxyl groups is 1. The molecule has 0 unspecified atom stereocenters. The van der Waals surface area contributed by atoms with E-state index in [0.29, 0.717) is 24.9 Å². The van der Waals surface area contributed by atoms with Crippen molar-refractivity contribution in [1.82, 2.24) is 0 Å². The summed E-state index contributed by atoms with van der Waals surface area (Å²) in [6.45, 7) is 10.3. The van der Waals surface area contributed by atoms with Crippen molar-refractivity contribution in [3.8, 4) is 0 Å². The topological polar surface area (TPSA) is 83.8 Å². The molecule has 0 radical (unpaired) electrons. The van der Waals surface area contributed by atoms with E-state index >= 15 is 0 Å². The van der Waals surface area contributed by atoms with Gasteiger partial charge in [0.15, 0.2) is 0 Å². The van der Waals surface area contributed by atoms with E-state index in [1.165, 1.54) is 12.5 Å². The molecule has 27 heavy (non-hydrogen) atoms. The predicted octanol–water partition coefficient (Wildman–Crippen LogP) is 4.19. The second kappa shape index (κ2) is 8.34. The van der Waals surface area contributed by atoms with Crippen LogP contribution in [0.25, 0.3) is 0 Å². The molecule has 154 valence electrons. The second-order valence-corrected chi connectivity index (χ2v) is 9.57. The van der Waals surface area contributed by atoms with Gasteiger partial charge in [-0.2, -0.15) is 0 Å². The van der Waals surface area contributed by atoms with Gasteiger partial charge < -0.3 is 14.9 Å². The summed E-state index contributed by atoms with van der Waals surface area (Å²) in [5.74, 6) is -0.236. The van der Waals surface area contributed by atoms with Crippen LogP contribution in [-0.4, -0.2) is 34.9 Å². The molecule has 0 spiro atoms. The molecule has 5 heteroatoms. The van der Waals surface area contributed by atoms with Crippen molar-refractivity contribution in [2.45, 2.75) is 79.2 Å². The van der Waals surface area contributed by atoms with Crippen molar-refractivity contribution in [3.63, 3.8) is 0 Å². The smallest absolute Gasteiger partial charge is 0.303 e. The van der Waals surface area contributed by atoms with Gasteiger partial charge in [-0.15, -0.1) is 0 Å². The van der Waals surface area contributed by atoms with Crippen molar-refractivity contribution >= 4 is 11.9 Å². The molecule has 0 bridgehead atoms. The van der Waals surface area contributed by atoms with Gasteiger partial charge in [-0.05, 0) is 62.2 Å². The molecule has 2 N–H and O–H groups in total. The highest BCUT2D eigenvalue weighted by molar-refractivity contribution is 5.67. The van der Waals surface area contributed by atoms with Crippen molar-refractivity contribution in [1.29, 1.82) is 0 Å². The van der Waals surface area contributed by atoms with Crippen molar-refractivity contribution < 1.29 is 24.5 Å². The lowest BCUT2D eigenvalue weighted by Gasteiger charge is -2.58. The van der Waals surface area contributed by atoms with E-state index in [-0.39, 0.29) is 29.1 Å². The zero-order valence-corrected chi connectivity index (χ0v) is 17.5. The van der Waals surface area contributed by atoms with Crippen LogP contribution in [0.15, 0.2) is 11.6 Å². The number of rotatable bonds is 7. The highest BCUT2D eigenvalue weighted by atomic mass is 16.5. The number of esters is 1. The van der Waals surface area contributed by atoms with Gasteiger partial charge in [0.2, 0.25) is 0 Å². The SMILES string of the molecule is CC(=O)OC[C@]1(C)C[C@@H](O)C[C@@]2(C)[C@H](CC[C@@H](C)CC(=O)O)C(C)=CC[C@H]12. The van der Waals surface area contributed by atoms with Crippen LogP contribution in [-0.2, 0) is 14.3 Å². The van der Waals surface area contributed by atoms with E-state index in [1.807, 2.05) is 6.92 Å². The third-order valence-corrected chi connectivity index (χ3v) is 7.11. The molecule has 5 nitrogen and oxygen atoms in total. The number of carbonyl (C=O) groups is 2. The minimum absolute atomic E-state index is 0.0751. The molecular formula is C22H36O5. The van der Waals surface area contributed by atoms with E-state index in [9.17, 15) is 14.7 Å². The lowest BCUT2D eigenvalue weighted by atomic mass is 9.47. The number of carboxylic acid groups (broad SMARTS) is 1. The quantitative estimate of drug-likeness (QED) is 0.511. The maximum atomic E-state index is 11.4. The van der Waals surface area contributed by atoms with Gasteiger partial charge in [0, 0.05) is 18.8 Å². The molecular weight excluding hydrogens is 344 g/mol. The normalized spacial score (nSPS) is 37.1. The fourth-order valence-electron chi connectivity index (χ4n) is 5.94. The number of carboxylic acids is 1. The maximum absolute atomic E-state index is 11.4. The molecule has 1 fully saturated rings. The van der Waals surface area contributed by atoms with E-state index < -0.39 is 12.1 Å². The Bertz CT molecular complexity index is 598. The highest BCUT2D eigenvalue weighted by Gasteiger charge is 2.56. The van der Waals surface area contributed by atoms with E-state index in [4.69, 9.17) is 9.84 Å². The van der Waals surface area contributed by atoms with Crippen LogP contribution in [0, 0.1) is 28.6 Å². The monoisotopic (exact) mass is 380 g/mol. The molecule has 0 amide bonds. The number of allylic oxidation sites excluding steroid dienone is 2. The van der Waals surface area contributed by atoms with E-state index in [2.05, 4.69) is 26.8 Å². The summed E-state index contributed by atoms with van der Waals surface area (Å²) in [4.78, 5) is 22.4. The number of ether oxygens (including phenoxy) is 1. The van der Waals surface area contributed by atoms with Crippen LogP contribution in [0.1, 0.15) is 73.1 Å². The first-order valence-electron chi connectivity index (χ1n) is 10.2. The van der Waals surface area contributed by atoms with Gasteiger partial charge in [0.1, 0.15) is 0 Å². The van der Waals surface area contributed by atoms with Crippen LogP contribution in [0.5, 0.6) is 0 Å². The Morgan fingerprint density at radius 1 is 1.33 bits per heavy atom. The Hall–Kier alpha value is -1.36. The largest absolute Gasteiger partial charge is 0.481 e. The fourth-order valence-corrected chi connectivity index (χ4v) is 5.94. The number of aliphatic carboxylic acids is 1. The molecule has 1 saturated carbocycles. The van der Waals surface area contributed by atoms with Gasteiger partial charge in [-0.3, -0.25) is 9.59 Å². The summed E-state index contributed by atoms with van der Waals surface area (Å²) in [5.41, 5.74) is 1.02. The highest BCUT2D eigenvalue weighted by Crippen LogP contribution is 2.60. The van der Waals surface area contributed by atoms with Gasteiger partial charge in [0.05, 0.1) is 12.7 Å². The van der Waals surface area contributed by atoms with Crippen molar-refractivity contribution in [2.75, 3.05) is 6.61 Å². The van der Waals surface area contributed by atoms with Gasteiger partial charge in [-0.1, -0.05) is 32.4 Å². The minimum Gasteiger partial charge on any atom is -0.481 e. The zero-order valence-electron chi connectivity index (χ0n) is 17.5. The lowest BCUT2D eigenvalue weighted by molar-refractivity contribution is -0.159. The number of fused-ring (bicyclic) bond motifs is 1. The minimum atomic E-state index is -0.746. The lowest BCUT2D eigenvalue weighted by Crippen LogP contribution is -2.55. The zero-order chi connectivity index (χ0) is 20.4. The number of aliphatic hydroxyl groups excluding tert-OH is 1. The summed E-state index contributed by atoms with van der Waals surface area (Å²) in [5, 5.41) is 19.7. The first-order valence-corrected chi connectivity index (χ1v) is 10.2. The molecule has 0 heterocycles. The molecule has 2 aliphatic carbocycles. The maximum Gasteiger partial charge on any atom is 0.303 e. The molecule has 0 aromatic carbocycles. The average Bonchev–Trinajstić information content (AvgIpc) is 2.50. The van der Waals surface area contributed by atoms with Gasteiger partial charge in [-0.25, -0.2) is 0 Å². The summed E-state index contributed by atoms with van der Waals surface area (Å²) < 4.78 is 5.39. The first-order chi connectivity index (χ1) is 12.5. The van der Waals surface area contributed by atoms with Gasteiger partial charge in [0.25, 0.3) is 0 Å². The van der Waals surface area contributed by atoms with Gasteiger partial charge >= 0.3 is 11.9 Å². The van der Waals surface area contributed by atoms with E-state index in [1.54, 1.807) is 0 Å². The second-order valence-electron chi connectivity index (χ2n) is 9.57. The molecule has 0 aromatic rings. The van der Waals surface area contributed by atoms with Crippen LogP contribution >= 0.6 is 0 Å². The Balaban J connectivity index is 2.23. The summed E-state index contributed by atoms with van der Waals surface area (Å²) >= 11 is 0.